The first-order valence-electron chi connectivity index (χ1n) is 12.8. The fraction of sp³-hybridized carbons (Fsp3) is 0.567. The molecule has 2 heteroatoms. The van der Waals surface area contributed by atoms with Crippen molar-refractivity contribution in [2.24, 2.45) is 11.8 Å². The van der Waals surface area contributed by atoms with E-state index in [1.807, 2.05) is 0 Å². The van der Waals surface area contributed by atoms with Gasteiger partial charge < -0.3 is 4.74 Å². The summed E-state index contributed by atoms with van der Waals surface area (Å²) in [5.74, 6) is 2.53. The number of unbranched alkanes of at least 4 members (excludes halogenated alkanes) is 3. The van der Waals surface area contributed by atoms with Crippen molar-refractivity contribution in [2.45, 2.75) is 90.4 Å². The van der Waals surface area contributed by atoms with E-state index in [0.717, 1.165) is 43.5 Å². The van der Waals surface area contributed by atoms with Gasteiger partial charge in [-0.1, -0.05) is 82.9 Å². The summed E-state index contributed by atoms with van der Waals surface area (Å²) in [4.78, 5) is 0. The van der Waals surface area contributed by atoms with Crippen LogP contribution in [0.5, 0.6) is 5.75 Å². The second-order valence-electron chi connectivity index (χ2n) is 9.90. The van der Waals surface area contributed by atoms with Crippen LogP contribution in [0.3, 0.4) is 0 Å². The van der Waals surface area contributed by atoms with Crippen molar-refractivity contribution in [3.05, 3.63) is 54.1 Å². The Labute approximate surface area is 196 Å². The molecule has 2 nitrogen and oxygen atoms in total. The molecule has 0 N–H and O–H groups in total. The molecule has 0 aromatic heterocycles. The lowest BCUT2D eigenvalue weighted by Gasteiger charge is -2.36. The molecule has 1 aliphatic carbocycles. The molecule has 1 unspecified atom stereocenters. The molecule has 1 atom stereocenters. The predicted molar refractivity (Wildman–Crippen MR) is 135 cm³/mol. The highest BCUT2D eigenvalue weighted by atomic mass is 16.5. The van der Waals surface area contributed by atoms with Gasteiger partial charge in [-0.05, 0) is 79.2 Å². The minimum atomic E-state index is -0.306. The number of benzene rings is 2. The van der Waals surface area contributed by atoms with Crippen molar-refractivity contribution in [1.82, 2.24) is 0 Å². The second-order valence-corrected chi connectivity index (χ2v) is 9.90. The van der Waals surface area contributed by atoms with E-state index in [4.69, 9.17) is 4.74 Å². The summed E-state index contributed by atoms with van der Waals surface area (Å²) < 4.78 is 5.87. The third kappa shape index (κ3) is 6.38. The van der Waals surface area contributed by atoms with E-state index in [1.54, 1.807) is 0 Å². The number of rotatable bonds is 11. The first-order valence-corrected chi connectivity index (χ1v) is 12.8. The standard InChI is InChI=1S/C30H41NO/c1-4-6-7-8-21-32-29-15-11-27(12-16-29)26-9-13-28(14-10-26)30(23-31)19-17-25(18-20-30)22-24(3)5-2/h9-16,24-25H,4-8,17-22H2,1-3H3. The molecule has 3 rings (SSSR count). The Balaban J connectivity index is 1.59. The fourth-order valence-electron chi connectivity index (χ4n) is 5.05. The highest BCUT2D eigenvalue weighted by Gasteiger charge is 2.37. The quantitative estimate of drug-likeness (QED) is 0.333. The van der Waals surface area contributed by atoms with Gasteiger partial charge in [-0.2, -0.15) is 5.26 Å². The van der Waals surface area contributed by atoms with Gasteiger partial charge in [0.05, 0.1) is 18.1 Å². The summed E-state index contributed by atoms with van der Waals surface area (Å²) >= 11 is 0. The van der Waals surface area contributed by atoms with Crippen molar-refractivity contribution in [2.75, 3.05) is 6.61 Å². The smallest absolute Gasteiger partial charge is 0.119 e. The Morgan fingerprint density at radius 2 is 1.56 bits per heavy atom. The average Bonchev–Trinajstić information content (AvgIpc) is 2.85. The topological polar surface area (TPSA) is 33.0 Å². The Morgan fingerprint density at radius 3 is 2.12 bits per heavy atom. The van der Waals surface area contributed by atoms with E-state index in [-0.39, 0.29) is 5.41 Å². The van der Waals surface area contributed by atoms with Crippen LogP contribution < -0.4 is 4.74 Å². The molecule has 0 heterocycles. The van der Waals surface area contributed by atoms with Crippen LogP contribution in [0.4, 0.5) is 0 Å². The van der Waals surface area contributed by atoms with Gasteiger partial charge in [-0.15, -0.1) is 0 Å². The number of hydrogen-bond acceptors (Lipinski definition) is 2. The maximum Gasteiger partial charge on any atom is 0.119 e. The Morgan fingerprint density at radius 1 is 0.938 bits per heavy atom. The van der Waals surface area contributed by atoms with Crippen LogP contribution in [0, 0.1) is 23.2 Å². The molecule has 0 aliphatic heterocycles. The van der Waals surface area contributed by atoms with E-state index < -0.39 is 0 Å². The summed E-state index contributed by atoms with van der Waals surface area (Å²) in [5.41, 5.74) is 3.28. The van der Waals surface area contributed by atoms with Gasteiger partial charge in [0.1, 0.15) is 5.75 Å². The van der Waals surface area contributed by atoms with Gasteiger partial charge in [-0.25, -0.2) is 0 Å². The predicted octanol–water partition coefficient (Wildman–Crippen LogP) is 8.70. The molecule has 32 heavy (non-hydrogen) atoms. The summed E-state index contributed by atoms with van der Waals surface area (Å²) in [6, 6.07) is 19.8. The van der Waals surface area contributed by atoms with E-state index in [2.05, 4.69) is 75.4 Å². The van der Waals surface area contributed by atoms with Gasteiger partial charge in [-0.3, -0.25) is 0 Å². The number of nitriles is 1. The molecule has 1 fully saturated rings. The van der Waals surface area contributed by atoms with Crippen molar-refractivity contribution in [3.8, 4) is 22.9 Å². The summed E-state index contributed by atoms with van der Waals surface area (Å²) in [7, 11) is 0. The van der Waals surface area contributed by atoms with E-state index in [0.29, 0.717) is 0 Å². The van der Waals surface area contributed by atoms with Crippen LogP contribution in [0.2, 0.25) is 0 Å². The monoisotopic (exact) mass is 431 g/mol. The zero-order valence-corrected chi connectivity index (χ0v) is 20.4. The Bertz CT molecular complexity index is 838. The van der Waals surface area contributed by atoms with Crippen LogP contribution in [-0.4, -0.2) is 6.61 Å². The minimum Gasteiger partial charge on any atom is -0.494 e. The molecule has 0 radical (unpaired) electrons. The maximum absolute atomic E-state index is 10.1. The Kier molecular flexibility index (Phi) is 9.22. The van der Waals surface area contributed by atoms with E-state index in [1.165, 1.54) is 61.6 Å². The summed E-state index contributed by atoms with van der Waals surface area (Å²) in [5, 5.41) is 10.1. The highest BCUT2D eigenvalue weighted by Crippen LogP contribution is 2.43. The van der Waals surface area contributed by atoms with Crippen molar-refractivity contribution >= 4 is 0 Å². The molecule has 2 aromatic carbocycles. The van der Waals surface area contributed by atoms with Gasteiger partial charge in [0.25, 0.3) is 0 Å². The third-order valence-electron chi connectivity index (χ3n) is 7.50. The maximum atomic E-state index is 10.1. The fourth-order valence-corrected chi connectivity index (χ4v) is 5.05. The SMILES string of the molecule is CCCCCCOc1ccc(-c2ccc(C3(C#N)CCC(CC(C)CC)CC3)cc2)cc1. The van der Waals surface area contributed by atoms with Crippen molar-refractivity contribution < 1.29 is 4.74 Å². The molecular weight excluding hydrogens is 390 g/mol. The lowest BCUT2D eigenvalue weighted by Crippen LogP contribution is -2.30. The number of hydrogen-bond donors (Lipinski definition) is 0. The molecule has 2 aromatic rings. The average molecular weight is 432 g/mol. The van der Waals surface area contributed by atoms with E-state index >= 15 is 0 Å². The molecular formula is C30H41NO. The van der Waals surface area contributed by atoms with Crippen molar-refractivity contribution in [3.63, 3.8) is 0 Å². The van der Waals surface area contributed by atoms with E-state index in [9.17, 15) is 5.26 Å². The van der Waals surface area contributed by atoms with Gasteiger partial charge >= 0.3 is 0 Å². The zero-order chi connectivity index (χ0) is 22.8. The first kappa shape index (κ1) is 24.4. The van der Waals surface area contributed by atoms with Crippen LogP contribution >= 0.6 is 0 Å². The number of nitrogens with zero attached hydrogens (tertiary/aromatic N) is 1. The summed E-state index contributed by atoms with van der Waals surface area (Å²) in [6.45, 7) is 7.66. The molecule has 1 saturated carbocycles. The zero-order valence-electron chi connectivity index (χ0n) is 20.4. The van der Waals surface area contributed by atoms with Gasteiger partial charge in [0, 0.05) is 0 Å². The number of ether oxygens (including phenoxy) is 1. The first-order chi connectivity index (χ1) is 15.6. The Hall–Kier alpha value is -2.27. The molecule has 0 amide bonds. The molecule has 0 bridgehead atoms. The lowest BCUT2D eigenvalue weighted by atomic mass is 9.66. The van der Waals surface area contributed by atoms with Gasteiger partial charge in [0.15, 0.2) is 0 Å². The normalized spacial score (nSPS) is 21.6. The molecule has 1 aliphatic rings. The van der Waals surface area contributed by atoms with Crippen LogP contribution in [0.1, 0.15) is 90.5 Å². The highest BCUT2D eigenvalue weighted by molar-refractivity contribution is 5.64. The van der Waals surface area contributed by atoms with Gasteiger partial charge in [0.2, 0.25) is 0 Å². The molecule has 0 spiro atoms. The van der Waals surface area contributed by atoms with Crippen LogP contribution in [0.15, 0.2) is 48.5 Å². The minimum absolute atomic E-state index is 0.306. The van der Waals surface area contributed by atoms with Crippen molar-refractivity contribution in [1.29, 1.82) is 5.26 Å². The summed E-state index contributed by atoms with van der Waals surface area (Å²) in [6.07, 6.45) is 11.8. The second kappa shape index (κ2) is 12.1. The van der Waals surface area contributed by atoms with Crippen LogP contribution in [-0.2, 0) is 5.41 Å². The lowest BCUT2D eigenvalue weighted by molar-refractivity contribution is 0.241. The molecule has 172 valence electrons. The van der Waals surface area contributed by atoms with Crippen LogP contribution in [0.25, 0.3) is 11.1 Å². The largest absolute Gasteiger partial charge is 0.494 e. The third-order valence-corrected chi connectivity index (χ3v) is 7.50. The molecule has 0 saturated heterocycles.